The van der Waals surface area contributed by atoms with E-state index in [0.717, 1.165) is 12.8 Å². The maximum Gasteiger partial charge on any atom is 0.320 e. The molecule has 0 aromatic carbocycles. The van der Waals surface area contributed by atoms with Gasteiger partial charge in [-0.05, 0) is 19.4 Å². The molecule has 8 nitrogen and oxygen atoms in total. The highest BCUT2D eigenvalue weighted by atomic mass is 16.4. The lowest BCUT2D eigenvalue weighted by Gasteiger charge is -2.03. The first-order chi connectivity index (χ1) is 8.31. The van der Waals surface area contributed by atoms with Gasteiger partial charge in [-0.2, -0.15) is 0 Å². The zero-order valence-electron chi connectivity index (χ0n) is 10.0. The van der Waals surface area contributed by atoms with E-state index in [1.807, 2.05) is 0 Å². The quantitative estimate of drug-likeness (QED) is 0.365. The van der Waals surface area contributed by atoms with Crippen molar-refractivity contribution in [1.82, 2.24) is 0 Å². The lowest BCUT2D eigenvalue weighted by molar-refractivity contribution is -0.143. The number of carboxylic acids is 3. The van der Waals surface area contributed by atoms with E-state index >= 15 is 0 Å². The topological polar surface area (TPSA) is 164 Å². The molecule has 0 saturated carbocycles. The Morgan fingerprint density at radius 3 is 1.67 bits per heavy atom. The minimum Gasteiger partial charge on any atom is -0.481 e. The molecule has 0 aliphatic carbocycles. The molecule has 7 N–H and O–H groups in total. The number of aliphatic carboxylic acids is 3. The first-order valence-electron chi connectivity index (χ1n) is 5.43. The van der Waals surface area contributed by atoms with Crippen LogP contribution in [0, 0.1) is 0 Å². The Balaban J connectivity index is 0. The summed E-state index contributed by atoms with van der Waals surface area (Å²) in [6.45, 7) is 0.604. The molecule has 106 valence electrons. The standard InChI is InChI=1S/C6H14N2O2.C4H6O4/c7-4-2-1-3-5(8)6(9)10;5-3(6)1-2-4(7)8/h5H,1-4,7-8H2,(H,9,10);1-2H2,(H,5,6)(H,7,8)/t5-;/m0./s1. The summed E-state index contributed by atoms with van der Waals surface area (Å²) in [5.41, 5.74) is 10.4. The fourth-order valence-electron chi connectivity index (χ4n) is 0.846. The summed E-state index contributed by atoms with van der Waals surface area (Å²) in [4.78, 5) is 29.4. The second kappa shape index (κ2) is 11.8. The molecule has 0 rings (SSSR count). The molecule has 8 heteroatoms. The molecule has 0 fully saturated rings. The van der Waals surface area contributed by atoms with Crippen molar-refractivity contribution in [3.63, 3.8) is 0 Å². The number of nitrogens with two attached hydrogens (primary N) is 2. The molecule has 0 amide bonds. The van der Waals surface area contributed by atoms with E-state index in [-0.39, 0.29) is 12.8 Å². The molecule has 18 heavy (non-hydrogen) atoms. The van der Waals surface area contributed by atoms with Gasteiger partial charge in [-0.1, -0.05) is 6.42 Å². The second-order valence-electron chi connectivity index (χ2n) is 3.52. The smallest absolute Gasteiger partial charge is 0.320 e. The summed E-state index contributed by atoms with van der Waals surface area (Å²) in [6.07, 6.45) is 1.57. The van der Waals surface area contributed by atoms with Crippen LogP contribution in [0.1, 0.15) is 32.1 Å². The van der Waals surface area contributed by atoms with Crippen molar-refractivity contribution in [3.8, 4) is 0 Å². The van der Waals surface area contributed by atoms with Crippen molar-refractivity contribution in [3.05, 3.63) is 0 Å². The van der Waals surface area contributed by atoms with Crippen LogP contribution in [0.25, 0.3) is 0 Å². The predicted molar refractivity (Wildman–Crippen MR) is 63.0 cm³/mol. The van der Waals surface area contributed by atoms with E-state index in [1.165, 1.54) is 0 Å². The number of carboxylic acid groups (broad SMARTS) is 3. The van der Waals surface area contributed by atoms with Crippen molar-refractivity contribution < 1.29 is 29.7 Å². The van der Waals surface area contributed by atoms with Crippen molar-refractivity contribution in [2.45, 2.75) is 38.1 Å². The van der Waals surface area contributed by atoms with Gasteiger partial charge in [-0.3, -0.25) is 14.4 Å². The van der Waals surface area contributed by atoms with E-state index in [0.29, 0.717) is 13.0 Å². The van der Waals surface area contributed by atoms with E-state index in [9.17, 15) is 14.4 Å². The number of rotatable bonds is 8. The van der Waals surface area contributed by atoms with Crippen molar-refractivity contribution in [2.75, 3.05) is 6.54 Å². The Hall–Kier alpha value is -1.67. The summed E-state index contributed by atoms with van der Waals surface area (Å²) in [5, 5.41) is 24.1. The van der Waals surface area contributed by atoms with Gasteiger partial charge in [-0.15, -0.1) is 0 Å². The summed E-state index contributed by atoms with van der Waals surface area (Å²) in [5.74, 6) is -3.09. The van der Waals surface area contributed by atoms with Gasteiger partial charge < -0.3 is 26.8 Å². The molecule has 0 spiro atoms. The zero-order chi connectivity index (χ0) is 14.6. The van der Waals surface area contributed by atoms with E-state index in [4.69, 9.17) is 26.8 Å². The third-order valence-electron chi connectivity index (χ3n) is 1.84. The molecule has 0 aromatic rings. The zero-order valence-corrected chi connectivity index (χ0v) is 10.0. The van der Waals surface area contributed by atoms with Gasteiger partial charge in [-0.25, -0.2) is 0 Å². The Labute approximate surface area is 105 Å². The van der Waals surface area contributed by atoms with Crippen LogP contribution in [-0.4, -0.2) is 45.8 Å². The fourth-order valence-corrected chi connectivity index (χ4v) is 0.846. The first-order valence-corrected chi connectivity index (χ1v) is 5.43. The molecule has 1 atom stereocenters. The van der Waals surface area contributed by atoms with Crippen LogP contribution in [0.5, 0.6) is 0 Å². The molecule has 0 aliphatic rings. The molecule has 0 radical (unpaired) electrons. The summed E-state index contributed by atoms with van der Waals surface area (Å²) in [7, 11) is 0. The molecule has 0 unspecified atom stereocenters. The largest absolute Gasteiger partial charge is 0.481 e. The molecule has 0 aliphatic heterocycles. The van der Waals surface area contributed by atoms with Crippen LogP contribution in [-0.2, 0) is 14.4 Å². The van der Waals surface area contributed by atoms with Crippen LogP contribution in [0.3, 0.4) is 0 Å². The molecular formula is C10H20N2O6. The number of carbonyl (C=O) groups is 3. The predicted octanol–water partition coefficient (Wildman–Crippen LogP) is -0.537. The van der Waals surface area contributed by atoms with Gasteiger partial charge in [0.15, 0.2) is 0 Å². The van der Waals surface area contributed by atoms with Crippen LogP contribution in [0.15, 0.2) is 0 Å². The lowest BCUT2D eigenvalue weighted by Crippen LogP contribution is -2.29. The normalized spacial score (nSPS) is 11.0. The number of unbranched alkanes of at least 4 members (excludes halogenated alkanes) is 1. The fraction of sp³-hybridized carbons (Fsp3) is 0.700. The van der Waals surface area contributed by atoms with Gasteiger partial charge in [0.25, 0.3) is 0 Å². The number of hydrogen-bond acceptors (Lipinski definition) is 5. The highest BCUT2D eigenvalue weighted by Gasteiger charge is 2.09. The van der Waals surface area contributed by atoms with Gasteiger partial charge in [0.2, 0.25) is 0 Å². The summed E-state index contributed by atoms with van der Waals surface area (Å²) < 4.78 is 0. The third-order valence-corrected chi connectivity index (χ3v) is 1.84. The van der Waals surface area contributed by atoms with Crippen molar-refractivity contribution >= 4 is 17.9 Å². The first kappa shape index (κ1) is 18.7. The Bertz CT molecular complexity index is 255. The maximum atomic E-state index is 10.1. The lowest BCUT2D eigenvalue weighted by atomic mass is 10.1. The minimum atomic E-state index is -1.08. The Morgan fingerprint density at radius 2 is 1.39 bits per heavy atom. The highest BCUT2D eigenvalue weighted by Crippen LogP contribution is 1.96. The second-order valence-corrected chi connectivity index (χ2v) is 3.52. The average molecular weight is 264 g/mol. The van der Waals surface area contributed by atoms with E-state index < -0.39 is 23.9 Å². The Morgan fingerprint density at radius 1 is 0.944 bits per heavy atom. The molecule has 0 bridgehead atoms. The number of hydrogen-bond donors (Lipinski definition) is 5. The van der Waals surface area contributed by atoms with Gasteiger partial charge in [0, 0.05) is 0 Å². The molecule has 0 heterocycles. The monoisotopic (exact) mass is 264 g/mol. The highest BCUT2D eigenvalue weighted by molar-refractivity contribution is 5.75. The van der Waals surface area contributed by atoms with E-state index in [1.54, 1.807) is 0 Å². The summed E-state index contributed by atoms with van der Waals surface area (Å²) in [6, 6.07) is -0.716. The van der Waals surface area contributed by atoms with Gasteiger partial charge >= 0.3 is 17.9 Å². The third kappa shape index (κ3) is 16.7. The summed E-state index contributed by atoms with van der Waals surface area (Å²) >= 11 is 0. The SMILES string of the molecule is NCCCC[C@H](N)C(=O)O.O=C(O)CCC(=O)O. The van der Waals surface area contributed by atoms with Crippen LogP contribution in [0.4, 0.5) is 0 Å². The van der Waals surface area contributed by atoms with Crippen LogP contribution in [0.2, 0.25) is 0 Å². The van der Waals surface area contributed by atoms with Crippen LogP contribution >= 0.6 is 0 Å². The van der Waals surface area contributed by atoms with Crippen molar-refractivity contribution in [1.29, 1.82) is 0 Å². The molecular weight excluding hydrogens is 244 g/mol. The minimum absolute atomic E-state index is 0.296. The van der Waals surface area contributed by atoms with Crippen LogP contribution < -0.4 is 11.5 Å². The molecule has 0 saturated heterocycles. The van der Waals surface area contributed by atoms with Crippen molar-refractivity contribution in [2.24, 2.45) is 11.5 Å². The Kier molecular flexibility index (Phi) is 12.3. The maximum absolute atomic E-state index is 10.1. The van der Waals surface area contributed by atoms with Gasteiger partial charge in [0.1, 0.15) is 6.04 Å². The van der Waals surface area contributed by atoms with Gasteiger partial charge in [0.05, 0.1) is 12.8 Å². The average Bonchev–Trinajstić information content (AvgIpc) is 2.27. The van der Waals surface area contributed by atoms with E-state index in [2.05, 4.69) is 0 Å². The molecule has 0 aromatic heterocycles.